The molecule has 0 N–H and O–H groups in total. The van der Waals surface area contributed by atoms with Crippen LogP contribution in [0.4, 0.5) is 5.69 Å². The van der Waals surface area contributed by atoms with Gasteiger partial charge in [0.25, 0.3) is 5.91 Å². The van der Waals surface area contributed by atoms with Gasteiger partial charge in [0, 0.05) is 50.7 Å². The molecule has 1 aromatic carbocycles. The van der Waals surface area contributed by atoms with E-state index < -0.39 is 0 Å². The number of carbonyl (C=O) groups excluding carboxylic acids is 2. The average Bonchev–Trinajstić information content (AvgIpc) is 2.72. The Labute approximate surface area is 161 Å². The molecule has 1 aromatic heterocycles. The summed E-state index contributed by atoms with van der Waals surface area (Å²) in [6.45, 7) is 2.50. The fraction of sp³-hybridized carbons (Fsp3) is 0.409. The minimum atomic E-state index is -0.292. The molecule has 5 heteroatoms. The van der Waals surface area contributed by atoms with Gasteiger partial charge in [-0.3, -0.25) is 14.6 Å². The summed E-state index contributed by atoms with van der Waals surface area (Å²) in [6, 6.07) is 9.74. The Hall–Kier alpha value is -2.69. The van der Waals surface area contributed by atoms with Gasteiger partial charge in [0.05, 0.1) is 11.6 Å². The molecule has 1 aliphatic rings. The smallest absolute Gasteiger partial charge is 0.256 e. The fourth-order valence-corrected chi connectivity index (χ4v) is 3.58. The molecule has 1 atom stereocenters. The lowest BCUT2D eigenvalue weighted by Crippen LogP contribution is -2.47. The molecular formula is C22H27N3O2. The van der Waals surface area contributed by atoms with Crippen molar-refractivity contribution in [1.29, 1.82) is 0 Å². The number of piperidine rings is 1. The Morgan fingerprint density at radius 3 is 2.52 bits per heavy atom. The van der Waals surface area contributed by atoms with Gasteiger partial charge in [-0.15, -0.1) is 0 Å². The van der Waals surface area contributed by atoms with Gasteiger partial charge in [0.2, 0.25) is 0 Å². The molecule has 142 valence electrons. The van der Waals surface area contributed by atoms with Crippen LogP contribution in [0.2, 0.25) is 0 Å². The van der Waals surface area contributed by atoms with E-state index >= 15 is 0 Å². The first-order valence-corrected chi connectivity index (χ1v) is 9.57. The van der Waals surface area contributed by atoms with Crippen molar-refractivity contribution >= 4 is 17.4 Å². The van der Waals surface area contributed by atoms with Crippen molar-refractivity contribution in [2.75, 3.05) is 25.5 Å². The minimum Gasteiger partial charge on any atom is -0.378 e. The number of aromatic nitrogens is 1. The highest BCUT2D eigenvalue weighted by Crippen LogP contribution is 2.25. The summed E-state index contributed by atoms with van der Waals surface area (Å²) < 4.78 is 0. The van der Waals surface area contributed by atoms with E-state index in [2.05, 4.69) is 4.98 Å². The van der Waals surface area contributed by atoms with E-state index in [0.717, 1.165) is 36.1 Å². The summed E-state index contributed by atoms with van der Waals surface area (Å²) in [5.41, 5.74) is 3.58. The molecule has 1 fully saturated rings. The maximum Gasteiger partial charge on any atom is 0.256 e. The van der Waals surface area contributed by atoms with E-state index in [4.69, 9.17) is 0 Å². The van der Waals surface area contributed by atoms with Crippen LogP contribution in [-0.2, 0) is 4.79 Å². The molecule has 2 heterocycles. The molecule has 2 aromatic rings. The minimum absolute atomic E-state index is 0.0965. The first-order valence-electron chi connectivity index (χ1n) is 9.57. The van der Waals surface area contributed by atoms with Crippen LogP contribution in [0.1, 0.15) is 43.0 Å². The van der Waals surface area contributed by atoms with Crippen LogP contribution < -0.4 is 4.90 Å². The van der Waals surface area contributed by atoms with Gasteiger partial charge in [-0.05, 0) is 43.0 Å². The number of hydrogen-bond donors (Lipinski definition) is 0. The van der Waals surface area contributed by atoms with E-state index in [1.165, 1.54) is 0 Å². The van der Waals surface area contributed by atoms with Crippen molar-refractivity contribution in [3.63, 3.8) is 0 Å². The number of nitrogens with zero attached hydrogens (tertiary/aromatic N) is 3. The molecule has 0 radical (unpaired) electrons. The molecule has 5 nitrogen and oxygen atoms in total. The van der Waals surface area contributed by atoms with Crippen molar-refractivity contribution in [2.45, 2.75) is 38.6 Å². The number of likely N-dealkylation sites (tertiary alicyclic amines) is 1. The summed E-state index contributed by atoms with van der Waals surface area (Å²) in [4.78, 5) is 33.4. The second-order valence-electron chi connectivity index (χ2n) is 7.23. The van der Waals surface area contributed by atoms with E-state index in [9.17, 15) is 9.59 Å². The monoisotopic (exact) mass is 365 g/mol. The van der Waals surface area contributed by atoms with Crippen molar-refractivity contribution in [3.05, 3.63) is 48.3 Å². The first-order chi connectivity index (χ1) is 13.0. The third-order valence-electron chi connectivity index (χ3n) is 5.19. The first kappa shape index (κ1) is 19.1. The van der Waals surface area contributed by atoms with Gasteiger partial charge in [0.1, 0.15) is 0 Å². The number of rotatable bonds is 5. The SMILES string of the molecule is CCC(=O)C1CCCCN1C(=O)c1cncc(-c2ccc(N(C)C)cc2)c1. The quantitative estimate of drug-likeness (QED) is 0.809. The highest BCUT2D eigenvalue weighted by molar-refractivity contribution is 5.98. The number of ketones is 1. The Morgan fingerprint density at radius 1 is 1.11 bits per heavy atom. The van der Waals surface area contributed by atoms with E-state index in [0.29, 0.717) is 18.5 Å². The van der Waals surface area contributed by atoms with Crippen LogP contribution in [0.25, 0.3) is 11.1 Å². The summed E-state index contributed by atoms with van der Waals surface area (Å²) in [6.07, 6.45) is 6.53. The topological polar surface area (TPSA) is 53.5 Å². The highest BCUT2D eigenvalue weighted by atomic mass is 16.2. The van der Waals surface area contributed by atoms with Crippen molar-refractivity contribution in [2.24, 2.45) is 0 Å². The van der Waals surface area contributed by atoms with Crippen molar-refractivity contribution < 1.29 is 9.59 Å². The average molecular weight is 365 g/mol. The van der Waals surface area contributed by atoms with E-state index in [-0.39, 0.29) is 17.7 Å². The predicted molar refractivity (Wildman–Crippen MR) is 108 cm³/mol. The maximum atomic E-state index is 13.1. The number of Topliss-reactive ketones (excluding diaryl/α,β-unsaturated/α-hetero) is 1. The second-order valence-corrected chi connectivity index (χ2v) is 7.23. The molecule has 0 bridgehead atoms. The Kier molecular flexibility index (Phi) is 5.89. The Bertz CT molecular complexity index is 815. The fourth-order valence-electron chi connectivity index (χ4n) is 3.58. The summed E-state index contributed by atoms with van der Waals surface area (Å²) in [5, 5.41) is 0. The molecule has 1 aliphatic heterocycles. The number of amides is 1. The summed E-state index contributed by atoms with van der Waals surface area (Å²) in [7, 11) is 4.00. The van der Waals surface area contributed by atoms with Crippen LogP contribution in [-0.4, -0.2) is 48.3 Å². The summed E-state index contributed by atoms with van der Waals surface area (Å²) in [5.74, 6) is 0.0483. The van der Waals surface area contributed by atoms with E-state index in [1.807, 2.05) is 56.3 Å². The maximum absolute atomic E-state index is 13.1. The standard InChI is InChI=1S/C22H27N3O2/c1-4-21(26)20-7-5-6-12-25(20)22(27)18-13-17(14-23-15-18)16-8-10-19(11-9-16)24(2)3/h8-11,13-15,20H,4-7,12H2,1-3H3. The zero-order valence-corrected chi connectivity index (χ0v) is 16.3. The van der Waals surface area contributed by atoms with Crippen molar-refractivity contribution in [3.8, 4) is 11.1 Å². The van der Waals surface area contributed by atoms with Crippen LogP contribution in [0.5, 0.6) is 0 Å². The number of anilines is 1. The van der Waals surface area contributed by atoms with Gasteiger partial charge in [0.15, 0.2) is 5.78 Å². The molecule has 1 saturated heterocycles. The molecule has 27 heavy (non-hydrogen) atoms. The van der Waals surface area contributed by atoms with Crippen LogP contribution in [0.3, 0.4) is 0 Å². The number of pyridine rings is 1. The van der Waals surface area contributed by atoms with Gasteiger partial charge >= 0.3 is 0 Å². The Morgan fingerprint density at radius 2 is 1.85 bits per heavy atom. The third kappa shape index (κ3) is 4.18. The zero-order valence-electron chi connectivity index (χ0n) is 16.3. The van der Waals surface area contributed by atoms with E-state index in [1.54, 1.807) is 17.3 Å². The summed E-state index contributed by atoms with van der Waals surface area (Å²) >= 11 is 0. The lowest BCUT2D eigenvalue weighted by atomic mass is 9.96. The van der Waals surface area contributed by atoms with Crippen LogP contribution in [0, 0.1) is 0 Å². The highest BCUT2D eigenvalue weighted by Gasteiger charge is 2.31. The van der Waals surface area contributed by atoms with Gasteiger partial charge < -0.3 is 9.80 Å². The van der Waals surface area contributed by atoms with Crippen molar-refractivity contribution in [1.82, 2.24) is 9.88 Å². The lowest BCUT2D eigenvalue weighted by molar-refractivity contribution is -0.124. The molecule has 0 aliphatic carbocycles. The molecule has 0 saturated carbocycles. The van der Waals surface area contributed by atoms with Gasteiger partial charge in [-0.25, -0.2) is 0 Å². The molecule has 0 spiro atoms. The van der Waals surface area contributed by atoms with Gasteiger partial charge in [-0.1, -0.05) is 19.1 Å². The zero-order chi connectivity index (χ0) is 19.4. The molecule has 3 rings (SSSR count). The predicted octanol–water partition coefficient (Wildman–Crippen LogP) is 3.79. The lowest BCUT2D eigenvalue weighted by Gasteiger charge is -2.34. The molecular weight excluding hydrogens is 338 g/mol. The second kappa shape index (κ2) is 8.33. The van der Waals surface area contributed by atoms with Gasteiger partial charge in [-0.2, -0.15) is 0 Å². The van der Waals surface area contributed by atoms with Crippen LogP contribution >= 0.6 is 0 Å². The Balaban J connectivity index is 1.85. The normalized spacial score (nSPS) is 16.9. The number of hydrogen-bond acceptors (Lipinski definition) is 4. The molecule has 1 amide bonds. The van der Waals surface area contributed by atoms with Crippen LogP contribution in [0.15, 0.2) is 42.7 Å². The number of benzene rings is 1. The number of carbonyl (C=O) groups is 2. The molecule has 1 unspecified atom stereocenters. The third-order valence-corrected chi connectivity index (χ3v) is 5.19. The largest absolute Gasteiger partial charge is 0.378 e.